The number of ether oxygens (including phenoxy) is 1. The molecule has 0 unspecified atom stereocenters. The minimum atomic E-state index is -0.536. The minimum Gasteiger partial charge on any atom is -0.448 e. The first kappa shape index (κ1) is 17.8. The molecule has 3 aromatic rings. The second-order valence-corrected chi connectivity index (χ2v) is 6.11. The normalized spacial score (nSPS) is 11.1. The number of halogens is 1. The number of likely N-dealkylation sites (N-methyl/N-ethyl adjacent to an activating group) is 1. The molecule has 2 heterocycles. The highest BCUT2D eigenvalue weighted by molar-refractivity contribution is 5.76. The van der Waals surface area contributed by atoms with Gasteiger partial charge in [0, 0.05) is 31.7 Å². The number of fused-ring (bicyclic) bond motifs is 1. The lowest BCUT2D eigenvalue weighted by Crippen LogP contribution is -2.22. The maximum Gasteiger partial charge on any atom is 0.294 e. The maximum atomic E-state index is 13.8. The van der Waals surface area contributed by atoms with E-state index in [0.29, 0.717) is 23.5 Å². The molecule has 2 aromatic heterocycles. The van der Waals surface area contributed by atoms with Crippen LogP contribution < -0.4 is 15.6 Å². The van der Waals surface area contributed by atoms with Gasteiger partial charge in [0.1, 0.15) is 5.65 Å². The first-order valence-corrected chi connectivity index (χ1v) is 8.13. The summed E-state index contributed by atoms with van der Waals surface area (Å²) in [5, 5.41) is 3.74. The van der Waals surface area contributed by atoms with Gasteiger partial charge in [0.05, 0.1) is 0 Å². The summed E-state index contributed by atoms with van der Waals surface area (Å²) in [6.45, 7) is 1.51. The molecule has 0 fully saturated rings. The van der Waals surface area contributed by atoms with Crippen LogP contribution in [-0.4, -0.2) is 46.6 Å². The van der Waals surface area contributed by atoms with Crippen LogP contribution in [0, 0.1) is 5.82 Å². The number of nitrogens with one attached hydrogen (secondary N) is 1. The van der Waals surface area contributed by atoms with Gasteiger partial charge in [-0.05, 0) is 32.3 Å². The second-order valence-electron chi connectivity index (χ2n) is 6.11. The van der Waals surface area contributed by atoms with Crippen LogP contribution in [0.1, 0.15) is 0 Å². The molecule has 7 nitrogen and oxygen atoms in total. The van der Waals surface area contributed by atoms with Crippen LogP contribution in [0.2, 0.25) is 0 Å². The Kier molecular flexibility index (Phi) is 5.13. The molecule has 1 N–H and O–H groups in total. The van der Waals surface area contributed by atoms with Crippen molar-refractivity contribution in [3.63, 3.8) is 0 Å². The van der Waals surface area contributed by atoms with E-state index in [9.17, 15) is 9.18 Å². The molecule has 0 spiro atoms. The average Bonchev–Trinajstić information content (AvgIpc) is 2.61. The Bertz CT molecular complexity index is 987. The summed E-state index contributed by atoms with van der Waals surface area (Å²) >= 11 is 0. The molecule has 1 aromatic carbocycles. The number of nitrogens with zero attached hydrogens (tertiary/aromatic N) is 4. The lowest BCUT2D eigenvalue weighted by Gasteiger charge is -2.12. The average molecular weight is 357 g/mol. The highest BCUT2D eigenvalue weighted by Gasteiger charge is 2.13. The van der Waals surface area contributed by atoms with Crippen LogP contribution in [0.4, 0.5) is 10.3 Å². The number of aromatic nitrogens is 3. The van der Waals surface area contributed by atoms with Gasteiger partial charge in [-0.15, -0.1) is 0 Å². The fourth-order valence-electron chi connectivity index (χ4n) is 2.41. The molecule has 0 aliphatic rings. The van der Waals surface area contributed by atoms with Crippen LogP contribution >= 0.6 is 0 Å². The number of anilines is 1. The number of hydrogen-bond donors (Lipinski definition) is 1. The number of pyridine rings is 1. The van der Waals surface area contributed by atoms with Crippen molar-refractivity contribution in [3.05, 3.63) is 52.7 Å². The van der Waals surface area contributed by atoms with Crippen molar-refractivity contribution in [3.8, 4) is 11.5 Å². The molecule has 0 aliphatic heterocycles. The second kappa shape index (κ2) is 7.49. The monoisotopic (exact) mass is 357 g/mol. The SMILES string of the molecule is CN(C)CCNc1ncc2cc(Oc3ccccc3F)c(=O)n(C)c2n1. The van der Waals surface area contributed by atoms with Gasteiger partial charge in [-0.2, -0.15) is 4.98 Å². The highest BCUT2D eigenvalue weighted by Crippen LogP contribution is 2.23. The van der Waals surface area contributed by atoms with Gasteiger partial charge in [-0.1, -0.05) is 12.1 Å². The predicted octanol–water partition coefficient (Wildman–Crippen LogP) is 2.23. The van der Waals surface area contributed by atoms with Crippen LogP contribution in [0.3, 0.4) is 0 Å². The molecule has 0 saturated heterocycles. The smallest absolute Gasteiger partial charge is 0.294 e. The Labute approximate surface area is 150 Å². The molecular weight excluding hydrogens is 337 g/mol. The zero-order valence-electron chi connectivity index (χ0n) is 14.9. The summed E-state index contributed by atoms with van der Waals surface area (Å²) in [7, 11) is 5.54. The van der Waals surface area contributed by atoms with Gasteiger partial charge >= 0.3 is 0 Å². The van der Waals surface area contributed by atoms with E-state index in [-0.39, 0.29) is 11.5 Å². The third-order valence-corrected chi connectivity index (χ3v) is 3.81. The molecule has 0 amide bonds. The summed E-state index contributed by atoms with van der Waals surface area (Å²) in [5.41, 5.74) is 0.0666. The third kappa shape index (κ3) is 3.80. The van der Waals surface area contributed by atoms with E-state index in [2.05, 4.69) is 15.3 Å². The summed E-state index contributed by atoms with van der Waals surface area (Å²) in [4.78, 5) is 23.2. The van der Waals surface area contributed by atoms with Crippen LogP contribution in [0.5, 0.6) is 11.5 Å². The van der Waals surface area contributed by atoms with E-state index in [1.54, 1.807) is 25.4 Å². The van der Waals surface area contributed by atoms with E-state index in [0.717, 1.165) is 6.54 Å². The fraction of sp³-hybridized carbons (Fsp3) is 0.278. The van der Waals surface area contributed by atoms with Crippen LogP contribution in [0.15, 0.2) is 41.3 Å². The standard InChI is InChI=1S/C18H20FN5O2/c1-23(2)9-8-20-18-21-11-12-10-15(17(25)24(3)16(12)22-18)26-14-7-5-4-6-13(14)19/h4-7,10-11H,8-9H2,1-3H3,(H,20,21,22). The number of benzene rings is 1. The van der Waals surface area contributed by atoms with Crippen LogP contribution in [0.25, 0.3) is 11.0 Å². The van der Waals surface area contributed by atoms with Gasteiger partial charge in [0.2, 0.25) is 5.95 Å². The fourth-order valence-corrected chi connectivity index (χ4v) is 2.41. The topological polar surface area (TPSA) is 72.3 Å². The van der Waals surface area contributed by atoms with Gasteiger partial charge < -0.3 is 15.0 Å². The summed E-state index contributed by atoms with van der Waals surface area (Å²) < 4.78 is 20.6. The molecule has 26 heavy (non-hydrogen) atoms. The lowest BCUT2D eigenvalue weighted by molar-refractivity contribution is 0.425. The Hall–Kier alpha value is -3.00. The van der Waals surface area contributed by atoms with Gasteiger partial charge in [0.25, 0.3) is 5.56 Å². The van der Waals surface area contributed by atoms with E-state index in [1.165, 1.54) is 22.8 Å². The molecular formula is C18H20FN5O2. The molecule has 136 valence electrons. The molecule has 3 rings (SSSR count). The largest absolute Gasteiger partial charge is 0.448 e. The van der Waals surface area contributed by atoms with Crippen LogP contribution in [-0.2, 0) is 7.05 Å². The van der Waals surface area contributed by atoms with Gasteiger partial charge in [0.15, 0.2) is 17.3 Å². The summed E-state index contributed by atoms with van der Waals surface area (Å²) in [5.74, 6) is -0.0858. The minimum absolute atomic E-state index is 0.00755. The quantitative estimate of drug-likeness (QED) is 0.729. The number of aryl methyl sites for hydroxylation is 1. The van der Waals surface area contributed by atoms with E-state index in [1.807, 2.05) is 19.0 Å². The Morgan fingerprint density at radius 1 is 1.27 bits per heavy atom. The molecule has 0 saturated carbocycles. The number of hydrogen-bond acceptors (Lipinski definition) is 6. The van der Waals surface area contributed by atoms with Gasteiger partial charge in [-0.3, -0.25) is 9.36 Å². The molecule has 0 bridgehead atoms. The van der Waals surface area contributed by atoms with Crippen molar-refractivity contribution in [2.24, 2.45) is 7.05 Å². The lowest BCUT2D eigenvalue weighted by atomic mass is 10.3. The van der Waals surface area contributed by atoms with Crippen molar-refractivity contribution >= 4 is 17.0 Å². The van der Waals surface area contributed by atoms with E-state index < -0.39 is 11.4 Å². The van der Waals surface area contributed by atoms with E-state index >= 15 is 0 Å². The number of para-hydroxylation sites is 1. The molecule has 8 heteroatoms. The van der Waals surface area contributed by atoms with Crippen molar-refractivity contribution in [1.29, 1.82) is 0 Å². The van der Waals surface area contributed by atoms with E-state index in [4.69, 9.17) is 4.74 Å². The molecule has 0 radical (unpaired) electrons. The first-order chi connectivity index (χ1) is 12.5. The summed E-state index contributed by atoms with van der Waals surface area (Å²) in [6.07, 6.45) is 1.61. The Morgan fingerprint density at radius 2 is 2.04 bits per heavy atom. The number of rotatable bonds is 6. The van der Waals surface area contributed by atoms with Crippen molar-refractivity contribution in [2.75, 3.05) is 32.5 Å². The zero-order valence-corrected chi connectivity index (χ0v) is 14.9. The predicted molar refractivity (Wildman–Crippen MR) is 98.3 cm³/mol. The Balaban J connectivity index is 1.93. The van der Waals surface area contributed by atoms with Crippen molar-refractivity contribution in [2.45, 2.75) is 0 Å². The molecule has 0 atom stereocenters. The van der Waals surface area contributed by atoms with Gasteiger partial charge in [-0.25, -0.2) is 9.37 Å². The zero-order chi connectivity index (χ0) is 18.7. The summed E-state index contributed by atoms with van der Waals surface area (Å²) in [6, 6.07) is 7.45. The van der Waals surface area contributed by atoms with Crippen molar-refractivity contribution < 1.29 is 9.13 Å². The maximum absolute atomic E-state index is 13.8. The van der Waals surface area contributed by atoms with Crippen molar-refractivity contribution in [1.82, 2.24) is 19.4 Å². The first-order valence-electron chi connectivity index (χ1n) is 8.13. The molecule has 0 aliphatic carbocycles. The highest BCUT2D eigenvalue weighted by atomic mass is 19.1. The third-order valence-electron chi connectivity index (χ3n) is 3.81. The Morgan fingerprint density at radius 3 is 2.77 bits per heavy atom.